The molecule has 4 rings (SSSR count). The first-order chi connectivity index (χ1) is 14.1. The van der Waals surface area contributed by atoms with Crippen LogP contribution in [0.1, 0.15) is 40.9 Å². The number of nitrogens with zero attached hydrogens (tertiary/aromatic N) is 3. The van der Waals surface area contributed by atoms with E-state index in [2.05, 4.69) is 60.1 Å². The van der Waals surface area contributed by atoms with E-state index in [1.165, 1.54) is 11.1 Å². The number of hydrogen-bond acceptors (Lipinski definition) is 3. The molecule has 3 aromatic rings. The number of carbonyl (C=O) groups excluding carboxylic acids is 1. The molecule has 0 radical (unpaired) electrons. The average molecular weight is 386 g/mol. The second-order valence-corrected chi connectivity index (χ2v) is 7.88. The van der Waals surface area contributed by atoms with E-state index in [1.54, 1.807) is 6.20 Å². The van der Waals surface area contributed by atoms with E-state index in [0.29, 0.717) is 12.1 Å². The van der Waals surface area contributed by atoms with Crippen LogP contribution in [0.25, 0.3) is 0 Å². The third kappa shape index (κ3) is 4.32. The molecule has 0 saturated heterocycles. The molecule has 0 N–H and O–H groups in total. The van der Waals surface area contributed by atoms with Crippen molar-refractivity contribution in [2.45, 2.75) is 39.4 Å². The maximum Gasteiger partial charge on any atom is 0.256 e. The van der Waals surface area contributed by atoms with Crippen LogP contribution in [0.15, 0.2) is 73.1 Å². The van der Waals surface area contributed by atoms with Crippen molar-refractivity contribution >= 4 is 11.6 Å². The van der Waals surface area contributed by atoms with Gasteiger partial charge in [0.05, 0.1) is 17.4 Å². The van der Waals surface area contributed by atoms with Gasteiger partial charge in [0.1, 0.15) is 0 Å². The number of hydrogen-bond donors (Lipinski definition) is 0. The molecule has 1 aromatic heterocycles. The highest BCUT2D eigenvalue weighted by atomic mass is 16.2. The summed E-state index contributed by atoms with van der Waals surface area (Å²) in [5.74, 6) is 0.0237. The van der Waals surface area contributed by atoms with Crippen molar-refractivity contribution in [3.63, 3.8) is 0 Å². The van der Waals surface area contributed by atoms with Crippen LogP contribution in [0, 0.1) is 0 Å². The molecule has 1 aliphatic heterocycles. The second-order valence-electron chi connectivity index (χ2n) is 7.88. The van der Waals surface area contributed by atoms with Crippen LogP contribution < -0.4 is 4.90 Å². The predicted octanol–water partition coefficient (Wildman–Crippen LogP) is 4.70. The molecule has 0 aliphatic carbocycles. The van der Waals surface area contributed by atoms with Gasteiger partial charge in [-0.25, -0.2) is 0 Å². The lowest BCUT2D eigenvalue weighted by atomic mass is 9.99. The fourth-order valence-electron chi connectivity index (χ4n) is 3.87. The van der Waals surface area contributed by atoms with Gasteiger partial charge in [0, 0.05) is 31.9 Å². The van der Waals surface area contributed by atoms with Gasteiger partial charge in [0.25, 0.3) is 5.91 Å². The van der Waals surface area contributed by atoms with Gasteiger partial charge in [-0.15, -0.1) is 0 Å². The highest BCUT2D eigenvalue weighted by Gasteiger charge is 2.22. The van der Waals surface area contributed by atoms with E-state index in [9.17, 15) is 4.79 Å². The zero-order valence-electron chi connectivity index (χ0n) is 17.1. The van der Waals surface area contributed by atoms with E-state index in [4.69, 9.17) is 0 Å². The summed E-state index contributed by atoms with van der Waals surface area (Å²) in [6.07, 6.45) is 4.56. The predicted molar refractivity (Wildman–Crippen MR) is 117 cm³/mol. The number of benzene rings is 2. The van der Waals surface area contributed by atoms with Gasteiger partial charge >= 0.3 is 0 Å². The van der Waals surface area contributed by atoms with Gasteiger partial charge in [0.15, 0.2) is 0 Å². The Hall–Kier alpha value is -3.14. The Bertz CT molecular complexity index is 984. The smallest absolute Gasteiger partial charge is 0.256 e. The molecule has 0 saturated carbocycles. The van der Waals surface area contributed by atoms with Gasteiger partial charge in [-0.05, 0) is 43.0 Å². The van der Waals surface area contributed by atoms with Crippen LogP contribution in [0.5, 0.6) is 0 Å². The minimum atomic E-state index is 0.0237. The molecule has 29 heavy (non-hydrogen) atoms. The molecule has 1 amide bonds. The van der Waals surface area contributed by atoms with Crippen molar-refractivity contribution in [2.75, 3.05) is 11.4 Å². The van der Waals surface area contributed by atoms with Crippen molar-refractivity contribution in [3.8, 4) is 0 Å². The fourth-order valence-corrected chi connectivity index (χ4v) is 3.87. The number of pyridine rings is 1. The Balaban J connectivity index is 1.55. The van der Waals surface area contributed by atoms with E-state index in [1.807, 2.05) is 35.4 Å². The van der Waals surface area contributed by atoms with Crippen molar-refractivity contribution in [1.29, 1.82) is 0 Å². The van der Waals surface area contributed by atoms with Gasteiger partial charge in [-0.2, -0.15) is 0 Å². The quantitative estimate of drug-likeness (QED) is 0.639. The number of anilines is 1. The summed E-state index contributed by atoms with van der Waals surface area (Å²) in [6.45, 7) is 6.50. The first-order valence-electron chi connectivity index (χ1n) is 10.2. The van der Waals surface area contributed by atoms with E-state index < -0.39 is 0 Å². The third-order valence-corrected chi connectivity index (χ3v) is 5.55. The minimum absolute atomic E-state index is 0.0237. The molecule has 4 heteroatoms. The van der Waals surface area contributed by atoms with Crippen molar-refractivity contribution < 1.29 is 4.79 Å². The summed E-state index contributed by atoms with van der Waals surface area (Å²) < 4.78 is 0. The Morgan fingerprint density at radius 2 is 1.76 bits per heavy atom. The lowest BCUT2D eigenvalue weighted by Gasteiger charge is -2.31. The highest BCUT2D eigenvalue weighted by molar-refractivity contribution is 5.95. The molecular weight excluding hydrogens is 358 g/mol. The number of carbonyl (C=O) groups is 1. The van der Waals surface area contributed by atoms with Gasteiger partial charge in [-0.3, -0.25) is 9.78 Å². The first-order valence-corrected chi connectivity index (χ1v) is 10.2. The van der Waals surface area contributed by atoms with Crippen LogP contribution in [0.4, 0.5) is 5.69 Å². The second kappa shape index (κ2) is 8.48. The Labute approximate surface area is 172 Å². The lowest BCUT2D eigenvalue weighted by Crippen LogP contribution is -2.36. The number of rotatable bonds is 5. The highest BCUT2D eigenvalue weighted by Crippen LogP contribution is 2.25. The molecular formula is C25H27N3O. The van der Waals surface area contributed by atoms with E-state index in [0.717, 1.165) is 30.8 Å². The summed E-state index contributed by atoms with van der Waals surface area (Å²) in [5, 5.41) is 0. The van der Waals surface area contributed by atoms with Crippen molar-refractivity contribution in [2.24, 2.45) is 0 Å². The van der Waals surface area contributed by atoms with Gasteiger partial charge in [-0.1, -0.05) is 54.6 Å². The molecule has 1 aliphatic rings. The number of amides is 1. The summed E-state index contributed by atoms with van der Waals surface area (Å²) in [7, 11) is 0. The Kier molecular flexibility index (Phi) is 5.61. The summed E-state index contributed by atoms with van der Waals surface area (Å²) in [4.78, 5) is 21.9. The zero-order valence-corrected chi connectivity index (χ0v) is 17.1. The molecule has 148 valence electrons. The standard InChI is InChI=1S/C25H27N3O/c1-19(2)28(17-20-8-4-3-5-9-20)25(29)23-14-24(16-26-15-23)27-13-12-21-10-6-7-11-22(21)18-27/h3-11,14-16,19H,12-13,17-18H2,1-2H3. The van der Waals surface area contributed by atoms with Crippen molar-refractivity contribution in [1.82, 2.24) is 9.88 Å². The van der Waals surface area contributed by atoms with Gasteiger partial charge in [0.2, 0.25) is 0 Å². The van der Waals surface area contributed by atoms with E-state index >= 15 is 0 Å². The third-order valence-electron chi connectivity index (χ3n) is 5.55. The molecule has 0 fully saturated rings. The maximum atomic E-state index is 13.3. The van der Waals surface area contributed by atoms with Crippen LogP contribution in [0.2, 0.25) is 0 Å². The lowest BCUT2D eigenvalue weighted by molar-refractivity contribution is 0.0690. The Morgan fingerprint density at radius 3 is 2.52 bits per heavy atom. The zero-order chi connectivity index (χ0) is 20.2. The fraction of sp³-hybridized carbons (Fsp3) is 0.280. The number of fused-ring (bicyclic) bond motifs is 1. The molecule has 2 heterocycles. The molecule has 0 atom stereocenters. The SMILES string of the molecule is CC(C)N(Cc1ccccc1)C(=O)c1cncc(N2CCc3ccccc3C2)c1. The van der Waals surface area contributed by atoms with E-state index in [-0.39, 0.29) is 11.9 Å². The largest absolute Gasteiger partial charge is 0.366 e. The Morgan fingerprint density at radius 1 is 1.03 bits per heavy atom. The average Bonchev–Trinajstić information content (AvgIpc) is 2.77. The molecule has 0 unspecified atom stereocenters. The number of aromatic nitrogens is 1. The molecule has 4 nitrogen and oxygen atoms in total. The summed E-state index contributed by atoms with van der Waals surface area (Å²) in [5.41, 5.74) is 5.55. The van der Waals surface area contributed by atoms with Crippen LogP contribution in [0.3, 0.4) is 0 Å². The monoisotopic (exact) mass is 385 g/mol. The normalized spacial score (nSPS) is 13.3. The summed E-state index contributed by atoms with van der Waals surface area (Å²) in [6, 6.07) is 20.8. The first kappa shape index (κ1) is 19.2. The topological polar surface area (TPSA) is 36.4 Å². The molecule has 2 aromatic carbocycles. The maximum absolute atomic E-state index is 13.3. The molecule has 0 bridgehead atoms. The van der Waals surface area contributed by atoms with Crippen LogP contribution in [-0.4, -0.2) is 28.4 Å². The van der Waals surface area contributed by atoms with Crippen LogP contribution >= 0.6 is 0 Å². The summed E-state index contributed by atoms with van der Waals surface area (Å²) >= 11 is 0. The molecule has 0 spiro atoms. The van der Waals surface area contributed by atoms with Gasteiger partial charge < -0.3 is 9.80 Å². The van der Waals surface area contributed by atoms with Crippen molar-refractivity contribution in [3.05, 3.63) is 95.3 Å². The van der Waals surface area contributed by atoms with Crippen LogP contribution in [-0.2, 0) is 19.5 Å². The minimum Gasteiger partial charge on any atom is -0.366 e.